The van der Waals surface area contributed by atoms with Crippen LogP contribution in [0.25, 0.3) is 0 Å². The lowest BCUT2D eigenvalue weighted by Crippen LogP contribution is -2.18. The first-order valence-corrected chi connectivity index (χ1v) is 5.59. The molecule has 0 saturated heterocycles. The van der Waals surface area contributed by atoms with E-state index in [0.717, 1.165) is 6.07 Å². The van der Waals surface area contributed by atoms with E-state index in [-0.39, 0.29) is 18.2 Å². The third-order valence-electron chi connectivity index (χ3n) is 1.64. The van der Waals surface area contributed by atoms with Crippen molar-refractivity contribution >= 4 is 34.2 Å². The van der Waals surface area contributed by atoms with Gasteiger partial charge < -0.3 is 9.84 Å². The number of hydrogen-bond donors (Lipinski definition) is 1. The first-order valence-electron chi connectivity index (χ1n) is 3.98. The quantitative estimate of drug-likeness (QED) is 0.660. The highest BCUT2D eigenvalue weighted by Crippen LogP contribution is 2.26. The zero-order chi connectivity index (χ0) is 12.3. The molecule has 0 amide bonds. The van der Waals surface area contributed by atoms with Crippen molar-refractivity contribution in [3.05, 3.63) is 20.9 Å². The summed E-state index contributed by atoms with van der Waals surface area (Å²) in [7, 11) is 0. The molecule has 1 N–H and O–H groups in total. The second-order valence-corrected chi connectivity index (χ2v) is 4.14. The molecule has 0 saturated carbocycles. The minimum atomic E-state index is -4.79. The number of halogens is 5. The van der Waals surface area contributed by atoms with Gasteiger partial charge in [0.2, 0.25) is 5.88 Å². The molecule has 16 heavy (non-hydrogen) atoms. The lowest BCUT2D eigenvalue weighted by Gasteiger charge is -2.12. The maximum Gasteiger partial charge on any atom is 0.574 e. The van der Waals surface area contributed by atoms with Crippen LogP contribution in [0.3, 0.4) is 0 Å². The van der Waals surface area contributed by atoms with Crippen molar-refractivity contribution in [2.45, 2.75) is 18.8 Å². The Balaban J connectivity index is 3.10. The summed E-state index contributed by atoms with van der Waals surface area (Å²) in [5.74, 6) is -0.675. The van der Waals surface area contributed by atoms with E-state index >= 15 is 0 Å². The van der Waals surface area contributed by atoms with Gasteiger partial charge in [-0.25, -0.2) is 4.98 Å². The highest BCUT2D eigenvalue weighted by Gasteiger charge is 2.32. The molecular weight excluding hydrogens is 361 g/mol. The van der Waals surface area contributed by atoms with Crippen LogP contribution in [-0.4, -0.2) is 16.5 Å². The molecule has 0 aromatic carbocycles. The molecule has 0 radical (unpaired) electrons. The fraction of sp³-hybridized carbons (Fsp3) is 0.375. The van der Waals surface area contributed by atoms with Crippen molar-refractivity contribution in [1.29, 1.82) is 0 Å². The molecule has 1 aromatic rings. The molecule has 0 unspecified atom stereocenters. The van der Waals surface area contributed by atoms with Crippen molar-refractivity contribution in [1.82, 2.24) is 4.98 Å². The third-order valence-corrected chi connectivity index (χ3v) is 2.85. The Bertz CT molecular complexity index is 386. The minimum absolute atomic E-state index is 0.0963. The monoisotopic (exact) mass is 367 g/mol. The van der Waals surface area contributed by atoms with Crippen LogP contribution in [-0.2, 0) is 12.5 Å². The first kappa shape index (κ1) is 13.8. The number of aromatic nitrogens is 1. The minimum Gasteiger partial charge on any atom is -0.392 e. The Hall–Kier alpha value is -0.280. The van der Waals surface area contributed by atoms with Crippen LogP contribution < -0.4 is 4.74 Å². The van der Waals surface area contributed by atoms with Crippen molar-refractivity contribution in [3.8, 4) is 5.88 Å². The number of hydrogen-bond acceptors (Lipinski definition) is 3. The van der Waals surface area contributed by atoms with E-state index in [4.69, 9.17) is 16.7 Å². The van der Waals surface area contributed by atoms with Gasteiger partial charge in [0, 0.05) is 15.2 Å². The number of rotatable bonds is 3. The molecule has 0 aliphatic heterocycles. The van der Waals surface area contributed by atoms with Gasteiger partial charge >= 0.3 is 6.36 Å². The van der Waals surface area contributed by atoms with Crippen LogP contribution in [0.5, 0.6) is 5.88 Å². The smallest absolute Gasteiger partial charge is 0.392 e. The SMILES string of the molecule is OCc1c(I)cc(OC(F)(F)F)nc1CCl. The van der Waals surface area contributed by atoms with E-state index in [0.29, 0.717) is 9.13 Å². The average molecular weight is 367 g/mol. The number of aliphatic hydroxyl groups is 1. The van der Waals surface area contributed by atoms with Gasteiger partial charge in [-0.1, -0.05) is 0 Å². The maximum absolute atomic E-state index is 11.9. The first-order chi connectivity index (χ1) is 7.37. The van der Waals surface area contributed by atoms with Crippen LogP contribution >= 0.6 is 34.2 Å². The third kappa shape index (κ3) is 3.63. The van der Waals surface area contributed by atoms with Gasteiger partial charge in [-0.3, -0.25) is 0 Å². The molecule has 3 nitrogen and oxygen atoms in total. The highest BCUT2D eigenvalue weighted by molar-refractivity contribution is 14.1. The lowest BCUT2D eigenvalue weighted by atomic mass is 10.2. The molecule has 90 valence electrons. The molecule has 1 aromatic heterocycles. The molecule has 0 atom stereocenters. The molecule has 8 heteroatoms. The van der Waals surface area contributed by atoms with Gasteiger partial charge in [0.25, 0.3) is 0 Å². The van der Waals surface area contributed by atoms with Gasteiger partial charge in [0.1, 0.15) is 0 Å². The summed E-state index contributed by atoms with van der Waals surface area (Å²) >= 11 is 7.29. The second-order valence-electron chi connectivity index (χ2n) is 2.71. The van der Waals surface area contributed by atoms with E-state index in [1.54, 1.807) is 22.6 Å². The Morgan fingerprint density at radius 1 is 1.50 bits per heavy atom. The number of nitrogens with zero attached hydrogens (tertiary/aromatic N) is 1. The zero-order valence-corrected chi connectivity index (χ0v) is 10.6. The summed E-state index contributed by atoms with van der Waals surface area (Å²) < 4.78 is 39.9. The molecule has 0 fully saturated rings. The fourth-order valence-electron chi connectivity index (χ4n) is 1.01. The summed E-state index contributed by atoms with van der Waals surface area (Å²) in [5.41, 5.74) is 0.584. The van der Waals surface area contributed by atoms with E-state index in [1.165, 1.54) is 0 Å². The van der Waals surface area contributed by atoms with E-state index in [2.05, 4.69) is 9.72 Å². The van der Waals surface area contributed by atoms with Crippen LogP contribution in [0.4, 0.5) is 13.2 Å². The molecular formula is C8H6ClF3INO2. The predicted octanol–water partition coefficient (Wildman–Crippen LogP) is 2.82. The van der Waals surface area contributed by atoms with Gasteiger partial charge in [0.15, 0.2) is 0 Å². The Morgan fingerprint density at radius 2 is 2.12 bits per heavy atom. The summed E-state index contributed by atoms with van der Waals surface area (Å²) in [6, 6.07) is 1.09. The Kier molecular flexibility index (Phi) is 4.62. The van der Waals surface area contributed by atoms with Gasteiger partial charge in [-0.2, -0.15) is 0 Å². The Labute approximate surface area is 108 Å². The van der Waals surface area contributed by atoms with Crippen molar-refractivity contribution in [2.24, 2.45) is 0 Å². The van der Waals surface area contributed by atoms with Crippen molar-refractivity contribution in [3.63, 3.8) is 0 Å². The number of ether oxygens (including phenoxy) is 1. The second kappa shape index (κ2) is 5.37. The van der Waals surface area contributed by atoms with E-state index < -0.39 is 12.2 Å². The summed E-state index contributed by atoms with van der Waals surface area (Å²) in [4.78, 5) is 3.57. The summed E-state index contributed by atoms with van der Waals surface area (Å²) in [6.45, 7) is -0.334. The molecule has 1 heterocycles. The Morgan fingerprint density at radius 3 is 2.56 bits per heavy atom. The topological polar surface area (TPSA) is 42.4 Å². The van der Waals surface area contributed by atoms with Crippen LogP contribution in [0.15, 0.2) is 6.07 Å². The summed E-state index contributed by atoms with van der Waals surface area (Å²) in [6.07, 6.45) is -4.79. The fourth-order valence-corrected chi connectivity index (χ4v) is 1.98. The zero-order valence-electron chi connectivity index (χ0n) is 7.68. The van der Waals surface area contributed by atoms with Gasteiger partial charge in [0.05, 0.1) is 18.2 Å². The van der Waals surface area contributed by atoms with Crippen LogP contribution in [0.2, 0.25) is 0 Å². The van der Waals surface area contributed by atoms with Crippen LogP contribution in [0, 0.1) is 3.57 Å². The number of alkyl halides is 4. The van der Waals surface area contributed by atoms with E-state index in [1.807, 2.05) is 0 Å². The number of pyridine rings is 1. The molecule has 0 spiro atoms. The standard InChI is InChI=1S/C8H6ClF3INO2/c9-2-6-4(3-15)5(13)1-7(14-6)16-8(10,11)12/h1,15H,2-3H2. The highest BCUT2D eigenvalue weighted by atomic mass is 127. The van der Waals surface area contributed by atoms with Crippen LogP contribution in [0.1, 0.15) is 11.3 Å². The van der Waals surface area contributed by atoms with Crippen molar-refractivity contribution < 1.29 is 23.0 Å². The molecule has 0 aliphatic rings. The number of aliphatic hydroxyl groups excluding tert-OH is 1. The lowest BCUT2D eigenvalue weighted by molar-refractivity contribution is -0.276. The van der Waals surface area contributed by atoms with Gasteiger partial charge in [-0.15, -0.1) is 24.8 Å². The van der Waals surface area contributed by atoms with Crippen molar-refractivity contribution in [2.75, 3.05) is 0 Å². The molecule has 0 aliphatic carbocycles. The van der Waals surface area contributed by atoms with E-state index in [9.17, 15) is 13.2 Å². The molecule has 1 rings (SSSR count). The largest absolute Gasteiger partial charge is 0.574 e. The predicted molar refractivity (Wildman–Crippen MR) is 59.1 cm³/mol. The summed E-state index contributed by atoms with van der Waals surface area (Å²) in [5, 5.41) is 8.99. The maximum atomic E-state index is 11.9. The molecule has 0 bridgehead atoms. The normalized spacial score (nSPS) is 11.6. The average Bonchev–Trinajstić information content (AvgIpc) is 2.14. The van der Waals surface area contributed by atoms with Gasteiger partial charge in [-0.05, 0) is 22.6 Å².